The van der Waals surface area contributed by atoms with Crippen LogP contribution in [0.15, 0.2) is 18.2 Å². The van der Waals surface area contributed by atoms with Gasteiger partial charge in [0.1, 0.15) is 6.10 Å². The summed E-state index contributed by atoms with van der Waals surface area (Å²) in [6.45, 7) is 0.238. The zero-order valence-electron chi connectivity index (χ0n) is 13.5. The number of aliphatic hydroxyl groups is 1. The number of carbonyl (C=O) groups is 1. The Bertz CT molecular complexity index is 537. The van der Waals surface area contributed by atoms with Crippen molar-refractivity contribution < 1.29 is 9.90 Å². The summed E-state index contributed by atoms with van der Waals surface area (Å²) >= 11 is 11.9. The molecule has 0 spiro atoms. The predicted octanol–water partition coefficient (Wildman–Crippen LogP) is 3.69. The van der Waals surface area contributed by atoms with Crippen molar-refractivity contribution in [2.75, 3.05) is 0 Å². The summed E-state index contributed by atoms with van der Waals surface area (Å²) in [5, 5.41) is 13.8. The summed E-state index contributed by atoms with van der Waals surface area (Å²) in [6, 6.07) is 4.55. The Morgan fingerprint density at radius 1 is 1.29 bits per heavy atom. The highest BCUT2D eigenvalue weighted by molar-refractivity contribution is 6.35. The largest absolute Gasteiger partial charge is 0.382 e. The first-order valence-electron chi connectivity index (χ1n) is 8.12. The second kappa shape index (κ2) is 10.5. The Morgan fingerprint density at radius 2 is 1.96 bits per heavy atom. The van der Waals surface area contributed by atoms with Gasteiger partial charge in [-0.15, -0.1) is 12.4 Å². The fraction of sp³-hybridized carbons (Fsp3) is 0.588. The number of nitrogens with one attached hydrogen (secondary N) is 1. The molecule has 4 N–H and O–H groups in total. The van der Waals surface area contributed by atoms with Gasteiger partial charge in [-0.1, -0.05) is 61.4 Å². The van der Waals surface area contributed by atoms with E-state index in [2.05, 4.69) is 5.32 Å². The van der Waals surface area contributed by atoms with E-state index in [4.69, 9.17) is 28.9 Å². The van der Waals surface area contributed by atoms with Gasteiger partial charge in [0, 0.05) is 22.6 Å². The number of amides is 1. The van der Waals surface area contributed by atoms with E-state index in [1.54, 1.807) is 18.2 Å². The van der Waals surface area contributed by atoms with Gasteiger partial charge in [-0.25, -0.2) is 0 Å². The highest BCUT2D eigenvalue weighted by atomic mass is 35.5. The van der Waals surface area contributed by atoms with Gasteiger partial charge in [-0.3, -0.25) is 4.79 Å². The molecule has 0 heterocycles. The lowest BCUT2D eigenvalue weighted by atomic mass is 9.84. The number of halogens is 3. The van der Waals surface area contributed by atoms with Crippen LogP contribution in [0.1, 0.15) is 44.1 Å². The quantitative estimate of drug-likeness (QED) is 0.687. The highest BCUT2D eigenvalue weighted by Crippen LogP contribution is 2.27. The molecule has 1 aliphatic rings. The van der Waals surface area contributed by atoms with E-state index in [9.17, 15) is 9.90 Å². The molecule has 24 heavy (non-hydrogen) atoms. The van der Waals surface area contributed by atoms with Gasteiger partial charge in [-0.2, -0.15) is 0 Å². The second-order valence-corrected chi connectivity index (χ2v) is 7.15. The van der Waals surface area contributed by atoms with Gasteiger partial charge in [0.05, 0.1) is 0 Å². The molecule has 0 radical (unpaired) electrons. The molecular weight excluding hydrogens is 371 g/mol. The van der Waals surface area contributed by atoms with Gasteiger partial charge in [0.15, 0.2) is 0 Å². The molecule has 4 nitrogen and oxygen atoms in total. The standard InChI is InChI=1S/C17H24Cl2N2O2.ClH/c18-13-7-6-12(14(19)9-13)10-21-17(23)16(22)15(20)8-11-4-2-1-3-5-11;/h6-7,9,11,15-16,22H,1-5,8,10,20H2,(H,21,23);1H/t15-,16?;/m1./s1. The third-order valence-electron chi connectivity index (χ3n) is 4.47. The first kappa shape index (κ1) is 21.5. The molecule has 2 atom stereocenters. The van der Waals surface area contributed by atoms with Crippen LogP contribution in [-0.2, 0) is 11.3 Å². The fourth-order valence-electron chi connectivity index (χ4n) is 3.08. The van der Waals surface area contributed by atoms with Crippen molar-refractivity contribution in [1.82, 2.24) is 5.32 Å². The minimum atomic E-state index is -1.19. The third-order valence-corrected chi connectivity index (χ3v) is 5.06. The maximum absolute atomic E-state index is 12.1. The smallest absolute Gasteiger partial charge is 0.250 e. The number of aliphatic hydroxyl groups excluding tert-OH is 1. The Kier molecular flexibility index (Phi) is 9.39. The summed E-state index contributed by atoms with van der Waals surface area (Å²) in [6.07, 6.45) is 5.49. The Hall–Kier alpha value is -0.520. The molecule has 1 fully saturated rings. The first-order chi connectivity index (χ1) is 11.0. The van der Waals surface area contributed by atoms with Crippen LogP contribution in [0.25, 0.3) is 0 Å². The average Bonchev–Trinajstić information content (AvgIpc) is 2.54. The molecule has 136 valence electrons. The number of rotatable bonds is 6. The number of hydrogen-bond acceptors (Lipinski definition) is 3. The molecule has 1 unspecified atom stereocenters. The molecule has 1 amide bonds. The summed E-state index contributed by atoms with van der Waals surface area (Å²) in [5.41, 5.74) is 6.76. The van der Waals surface area contributed by atoms with Crippen LogP contribution in [0.4, 0.5) is 0 Å². The first-order valence-corrected chi connectivity index (χ1v) is 8.88. The van der Waals surface area contributed by atoms with Crippen molar-refractivity contribution in [3.63, 3.8) is 0 Å². The van der Waals surface area contributed by atoms with Gasteiger partial charge in [-0.05, 0) is 30.0 Å². The zero-order valence-corrected chi connectivity index (χ0v) is 15.8. The summed E-state index contributed by atoms with van der Waals surface area (Å²) < 4.78 is 0. The summed E-state index contributed by atoms with van der Waals surface area (Å²) in [4.78, 5) is 12.1. The van der Waals surface area contributed by atoms with Gasteiger partial charge >= 0.3 is 0 Å². The topological polar surface area (TPSA) is 75.3 Å². The minimum absolute atomic E-state index is 0. The molecule has 0 aliphatic heterocycles. The maximum Gasteiger partial charge on any atom is 0.250 e. The molecule has 1 aliphatic carbocycles. The lowest BCUT2D eigenvalue weighted by molar-refractivity contribution is -0.130. The summed E-state index contributed by atoms with van der Waals surface area (Å²) in [7, 11) is 0. The third kappa shape index (κ3) is 6.41. The van der Waals surface area contributed by atoms with E-state index >= 15 is 0 Å². The second-order valence-electron chi connectivity index (χ2n) is 6.30. The number of carbonyl (C=O) groups excluding carboxylic acids is 1. The van der Waals surface area contributed by atoms with Crippen LogP contribution in [0, 0.1) is 5.92 Å². The Morgan fingerprint density at radius 3 is 2.58 bits per heavy atom. The van der Waals surface area contributed by atoms with Gasteiger partial charge in [0.25, 0.3) is 5.91 Å². The van der Waals surface area contributed by atoms with E-state index in [-0.39, 0.29) is 19.0 Å². The van der Waals surface area contributed by atoms with E-state index < -0.39 is 18.1 Å². The van der Waals surface area contributed by atoms with Gasteiger partial charge in [0.2, 0.25) is 0 Å². The highest BCUT2D eigenvalue weighted by Gasteiger charge is 2.26. The Balaban J connectivity index is 0.00000288. The van der Waals surface area contributed by atoms with Crippen molar-refractivity contribution in [2.45, 2.75) is 57.2 Å². The van der Waals surface area contributed by atoms with Crippen molar-refractivity contribution >= 4 is 41.5 Å². The number of hydrogen-bond donors (Lipinski definition) is 3. The van der Waals surface area contributed by atoms with Crippen LogP contribution < -0.4 is 11.1 Å². The molecule has 1 aromatic carbocycles. The van der Waals surface area contributed by atoms with Gasteiger partial charge < -0.3 is 16.2 Å². The van der Waals surface area contributed by atoms with E-state index in [1.807, 2.05) is 0 Å². The number of benzene rings is 1. The molecule has 1 aromatic rings. The molecule has 2 rings (SSSR count). The van der Waals surface area contributed by atoms with Crippen molar-refractivity contribution in [3.05, 3.63) is 33.8 Å². The number of nitrogens with two attached hydrogens (primary N) is 1. The van der Waals surface area contributed by atoms with Crippen molar-refractivity contribution in [2.24, 2.45) is 11.7 Å². The van der Waals surface area contributed by atoms with Crippen molar-refractivity contribution in [1.29, 1.82) is 0 Å². The fourth-order valence-corrected chi connectivity index (χ4v) is 3.56. The predicted molar refractivity (Wildman–Crippen MR) is 101 cm³/mol. The zero-order chi connectivity index (χ0) is 16.8. The molecular formula is C17H25Cl3N2O2. The normalized spacial score (nSPS) is 17.7. The van der Waals surface area contributed by atoms with Crippen LogP contribution >= 0.6 is 35.6 Å². The van der Waals surface area contributed by atoms with E-state index in [0.29, 0.717) is 22.4 Å². The average molecular weight is 396 g/mol. The van der Waals surface area contributed by atoms with Crippen molar-refractivity contribution in [3.8, 4) is 0 Å². The monoisotopic (exact) mass is 394 g/mol. The van der Waals surface area contributed by atoms with Crippen LogP contribution in [-0.4, -0.2) is 23.2 Å². The molecule has 0 saturated heterocycles. The Labute approximate surface area is 159 Å². The molecule has 1 saturated carbocycles. The summed E-state index contributed by atoms with van der Waals surface area (Å²) in [5.74, 6) is 0.0613. The minimum Gasteiger partial charge on any atom is -0.382 e. The molecule has 7 heteroatoms. The van der Waals surface area contributed by atoms with E-state index in [1.165, 1.54) is 19.3 Å². The maximum atomic E-state index is 12.1. The van der Waals surface area contributed by atoms with Crippen LogP contribution in [0.2, 0.25) is 10.0 Å². The van der Waals surface area contributed by atoms with Crippen LogP contribution in [0.3, 0.4) is 0 Å². The molecule has 0 bridgehead atoms. The lowest BCUT2D eigenvalue weighted by Crippen LogP contribution is -2.47. The SMILES string of the molecule is Cl.N[C@H](CC1CCCCC1)C(O)C(=O)NCc1ccc(Cl)cc1Cl. The van der Waals surface area contributed by atoms with Crippen LogP contribution in [0.5, 0.6) is 0 Å². The lowest BCUT2D eigenvalue weighted by Gasteiger charge is -2.26. The van der Waals surface area contributed by atoms with E-state index in [0.717, 1.165) is 18.4 Å². The molecule has 0 aromatic heterocycles.